The SMILES string of the molecule is CCN(CC)C(=O)c1ccccc1C(=O)OC. The lowest BCUT2D eigenvalue weighted by Crippen LogP contribution is -2.31. The Morgan fingerprint density at radius 3 is 2.12 bits per heavy atom. The molecule has 1 aromatic rings. The Morgan fingerprint density at radius 1 is 1.12 bits per heavy atom. The standard InChI is InChI=1S/C13H17NO3/c1-4-14(5-2)12(15)10-8-6-7-9-11(10)13(16)17-3/h6-9H,4-5H2,1-3H3. The van der Waals surface area contributed by atoms with Crippen LogP contribution in [0.4, 0.5) is 0 Å². The van der Waals surface area contributed by atoms with E-state index >= 15 is 0 Å². The highest BCUT2D eigenvalue weighted by Crippen LogP contribution is 2.13. The maximum absolute atomic E-state index is 12.2. The molecular formula is C13H17NO3. The van der Waals surface area contributed by atoms with Crippen LogP contribution in [0.25, 0.3) is 0 Å². The third-order valence-electron chi connectivity index (χ3n) is 2.61. The highest BCUT2D eigenvalue weighted by Gasteiger charge is 2.20. The van der Waals surface area contributed by atoms with Crippen molar-refractivity contribution in [3.05, 3.63) is 35.4 Å². The van der Waals surface area contributed by atoms with E-state index in [0.717, 1.165) is 0 Å². The number of esters is 1. The van der Waals surface area contributed by atoms with Crippen molar-refractivity contribution in [3.8, 4) is 0 Å². The number of hydrogen-bond acceptors (Lipinski definition) is 3. The molecule has 4 heteroatoms. The fourth-order valence-electron chi connectivity index (χ4n) is 1.64. The Balaban J connectivity index is 3.13. The molecule has 0 radical (unpaired) electrons. The van der Waals surface area contributed by atoms with Crippen molar-refractivity contribution in [2.24, 2.45) is 0 Å². The van der Waals surface area contributed by atoms with E-state index in [9.17, 15) is 9.59 Å². The first-order valence-electron chi connectivity index (χ1n) is 5.62. The van der Waals surface area contributed by atoms with E-state index < -0.39 is 5.97 Å². The normalized spacial score (nSPS) is 9.82. The second-order valence-corrected chi connectivity index (χ2v) is 3.51. The van der Waals surface area contributed by atoms with Gasteiger partial charge in [0.2, 0.25) is 0 Å². The fourth-order valence-corrected chi connectivity index (χ4v) is 1.64. The van der Waals surface area contributed by atoms with Gasteiger partial charge in [-0.25, -0.2) is 4.79 Å². The summed E-state index contributed by atoms with van der Waals surface area (Å²) in [5.41, 5.74) is 0.704. The number of carbonyl (C=O) groups excluding carboxylic acids is 2. The molecule has 0 aliphatic heterocycles. The molecule has 0 heterocycles. The maximum atomic E-state index is 12.2. The molecule has 17 heavy (non-hydrogen) atoms. The molecule has 92 valence electrons. The molecule has 1 amide bonds. The minimum atomic E-state index is -0.485. The molecule has 0 aromatic heterocycles. The first-order chi connectivity index (χ1) is 8.15. The molecule has 0 saturated carbocycles. The molecule has 0 bridgehead atoms. The van der Waals surface area contributed by atoms with E-state index in [1.165, 1.54) is 7.11 Å². The lowest BCUT2D eigenvalue weighted by molar-refractivity contribution is 0.0591. The number of methoxy groups -OCH3 is 1. The predicted molar refractivity (Wildman–Crippen MR) is 65.0 cm³/mol. The molecule has 0 aliphatic rings. The minimum absolute atomic E-state index is 0.143. The van der Waals surface area contributed by atoms with Crippen molar-refractivity contribution in [3.63, 3.8) is 0 Å². The Hall–Kier alpha value is -1.84. The molecule has 1 rings (SSSR count). The van der Waals surface area contributed by atoms with Crippen molar-refractivity contribution in [1.82, 2.24) is 4.90 Å². The topological polar surface area (TPSA) is 46.6 Å². The van der Waals surface area contributed by atoms with Crippen molar-refractivity contribution >= 4 is 11.9 Å². The maximum Gasteiger partial charge on any atom is 0.338 e. The smallest absolute Gasteiger partial charge is 0.338 e. The van der Waals surface area contributed by atoms with E-state index in [2.05, 4.69) is 4.74 Å². The first-order valence-corrected chi connectivity index (χ1v) is 5.62. The summed E-state index contributed by atoms with van der Waals surface area (Å²) in [6.45, 7) is 5.04. The van der Waals surface area contributed by atoms with Crippen molar-refractivity contribution in [1.29, 1.82) is 0 Å². The Kier molecular flexibility index (Phi) is 4.69. The van der Waals surface area contributed by atoms with Crippen LogP contribution in [0.5, 0.6) is 0 Å². The summed E-state index contributed by atoms with van der Waals surface area (Å²) in [7, 11) is 1.31. The summed E-state index contributed by atoms with van der Waals surface area (Å²) in [4.78, 5) is 25.4. The van der Waals surface area contributed by atoms with Crippen molar-refractivity contribution in [2.75, 3.05) is 20.2 Å². The molecule has 0 atom stereocenters. The van der Waals surface area contributed by atoms with Gasteiger partial charge in [0, 0.05) is 13.1 Å². The van der Waals surface area contributed by atoms with Gasteiger partial charge in [-0.2, -0.15) is 0 Å². The van der Waals surface area contributed by atoms with Crippen LogP contribution >= 0.6 is 0 Å². The van der Waals surface area contributed by atoms with E-state index in [1.54, 1.807) is 29.2 Å². The van der Waals surface area contributed by atoms with Gasteiger partial charge in [0.05, 0.1) is 18.2 Å². The zero-order valence-electron chi connectivity index (χ0n) is 10.4. The van der Waals surface area contributed by atoms with Crippen LogP contribution in [0.15, 0.2) is 24.3 Å². The Bertz CT molecular complexity index is 411. The largest absolute Gasteiger partial charge is 0.465 e. The second kappa shape index (κ2) is 6.03. The third-order valence-corrected chi connectivity index (χ3v) is 2.61. The summed E-state index contributed by atoms with van der Waals surface area (Å²) in [6.07, 6.45) is 0. The number of ether oxygens (including phenoxy) is 1. The zero-order chi connectivity index (χ0) is 12.8. The minimum Gasteiger partial charge on any atom is -0.465 e. The van der Waals surface area contributed by atoms with Gasteiger partial charge < -0.3 is 9.64 Å². The number of hydrogen-bond donors (Lipinski definition) is 0. The first kappa shape index (κ1) is 13.2. The number of amides is 1. The molecule has 0 unspecified atom stereocenters. The predicted octanol–water partition coefficient (Wildman–Crippen LogP) is 1.96. The van der Waals surface area contributed by atoms with Gasteiger partial charge in [-0.1, -0.05) is 12.1 Å². The fraction of sp³-hybridized carbons (Fsp3) is 0.385. The van der Waals surface area contributed by atoms with E-state index in [-0.39, 0.29) is 5.91 Å². The van der Waals surface area contributed by atoms with Crippen LogP contribution in [0.1, 0.15) is 34.6 Å². The van der Waals surface area contributed by atoms with Gasteiger partial charge in [-0.15, -0.1) is 0 Å². The highest BCUT2D eigenvalue weighted by molar-refractivity contribution is 6.05. The molecular weight excluding hydrogens is 218 g/mol. The van der Waals surface area contributed by atoms with Gasteiger partial charge in [0.1, 0.15) is 0 Å². The Labute approximate surface area is 101 Å². The van der Waals surface area contributed by atoms with Crippen LogP contribution in [0.2, 0.25) is 0 Å². The van der Waals surface area contributed by atoms with Gasteiger partial charge in [-0.3, -0.25) is 4.79 Å². The van der Waals surface area contributed by atoms with E-state index in [1.807, 2.05) is 13.8 Å². The monoisotopic (exact) mass is 235 g/mol. The van der Waals surface area contributed by atoms with Crippen molar-refractivity contribution < 1.29 is 14.3 Å². The third kappa shape index (κ3) is 2.84. The van der Waals surface area contributed by atoms with Crippen LogP contribution in [0, 0.1) is 0 Å². The van der Waals surface area contributed by atoms with E-state index in [4.69, 9.17) is 0 Å². The molecule has 0 aliphatic carbocycles. The summed E-state index contributed by atoms with van der Waals surface area (Å²) < 4.78 is 4.66. The molecule has 4 nitrogen and oxygen atoms in total. The molecule has 0 spiro atoms. The summed E-state index contributed by atoms with van der Waals surface area (Å²) >= 11 is 0. The average molecular weight is 235 g/mol. The number of nitrogens with zero attached hydrogens (tertiary/aromatic N) is 1. The van der Waals surface area contributed by atoms with Gasteiger partial charge in [0.15, 0.2) is 0 Å². The van der Waals surface area contributed by atoms with Crippen LogP contribution in [-0.4, -0.2) is 37.0 Å². The zero-order valence-corrected chi connectivity index (χ0v) is 10.4. The van der Waals surface area contributed by atoms with Crippen LogP contribution < -0.4 is 0 Å². The molecule has 1 aromatic carbocycles. The average Bonchev–Trinajstić information content (AvgIpc) is 2.39. The van der Waals surface area contributed by atoms with Gasteiger partial charge in [0.25, 0.3) is 5.91 Å². The number of rotatable bonds is 4. The molecule has 0 fully saturated rings. The molecule has 0 saturated heterocycles. The van der Waals surface area contributed by atoms with Crippen molar-refractivity contribution in [2.45, 2.75) is 13.8 Å². The van der Waals surface area contributed by atoms with E-state index in [0.29, 0.717) is 24.2 Å². The lowest BCUT2D eigenvalue weighted by Gasteiger charge is -2.19. The highest BCUT2D eigenvalue weighted by atomic mass is 16.5. The summed E-state index contributed by atoms with van der Waals surface area (Å²) in [6, 6.07) is 6.70. The lowest BCUT2D eigenvalue weighted by atomic mass is 10.1. The second-order valence-electron chi connectivity index (χ2n) is 3.51. The van der Waals surface area contributed by atoms with Gasteiger partial charge >= 0.3 is 5.97 Å². The summed E-state index contributed by atoms with van der Waals surface area (Å²) in [5.74, 6) is -0.628. The summed E-state index contributed by atoms with van der Waals surface area (Å²) in [5, 5.41) is 0. The van der Waals surface area contributed by atoms with Gasteiger partial charge in [-0.05, 0) is 26.0 Å². The van der Waals surface area contributed by atoms with Crippen LogP contribution in [-0.2, 0) is 4.74 Å². The number of benzene rings is 1. The Morgan fingerprint density at radius 2 is 1.65 bits per heavy atom. The van der Waals surface area contributed by atoms with Crippen LogP contribution in [0.3, 0.4) is 0 Å². The quantitative estimate of drug-likeness (QED) is 0.749. The number of carbonyl (C=O) groups is 2. The molecule has 0 N–H and O–H groups in total.